The molecule has 0 spiro atoms. The monoisotopic (exact) mass is 316 g/mol. The van der Waals surface area contributed by atoms with Crippen LogP contribution in [-0.4, -0.2) is 28.1 Å². The number of phenolic OH excluding ortho intramolecular Hbond substituents is 1. The fraction of sp³-hybridized carbons (Fsp3) is 0. The molecule has 2 amide bonds. The van der Waals surface area contributed by atoms with Gasteiger partial charge in [0.05, 0.1) is 17.3 Å². The highest BCUT2D eigenvalue weighted by Gasteiger charge is 2.32. The molecular formula is C19H12N2O3. The first-order chi connectivity index (χ1) is 11.7. The first-order valence-electron chi connectivity index (χ1n) is 7.39. The van der Waals surface area contributed by atoms with Gasteiger partial charge < -0.3 is 5.11 Å². The lowest BCUT2D eigenvalue weighted by Crippen LogP contribution is -2.36. The molecule has 3 aromatic rings. The molecule has 1 heterocycles. The minimum Gasteiger partial charge on any atom is -0.507 e. The highest BCUT2D eigenvalue weighted by atomic mass is 16.3. The average Bonchev–Trinajstić information content (AvgIpc) is 2.61. The third kappa shape index (κ3) is 2.06. The number of amides is 2. The van der Waals surface area contributed by atoms with E-state index in [-0.39, 0.29) is 5.75 Å². The molecule has 0 saturated carbocycles. The Balaban J connectivity index is 1.81. The first kappa shape index (κ1) is 14.1. The Bertz CT molecular complexity index is 973. The van der Waals surface area contributed by atoms with Crippen LogP contribution in [0.2, 0.25) is 0 Å². The second-order valence-electron chi connectivity index (χ2n) is 5.43. The number of hydrogen-bond donors (Lipinski definition) is 1. The lowest BCUT2D eigenvalue weighted by atomic mass is 9.95. The minimum atomic E-state index is -0.476. The van der Waals surface area contributed by atoms with Crippen LogP contribution in [0.5, 0.6) is 5.75 Å². The topological polar surface area (TPSA) is 70.0 Å². The number of aromatic hydroxyl groups is 1. The number of imide groups is 1. The first-order valence-corrected chi connectivity index (χ1v) is 7.39. The fourth-order valence-corrected chi connectivity index (χ4v) is 2.84. The van der Waals surface area contributed by atoms with Gasteiger partial charge in [-0.05, 0) is 29.7 Å². The van der Waals surface area contributed by atoms with Crippen LogP contribution in [0.1, 0.15) is 26.3 Å². The van der Waals surface area contributed by atoms with Gasteiger partial charge in [-0.15, -0.1) is 0 Å². The quantitative estimate of drug-likeness (QED) is 0.583. The van der Waals surface area contributed by atoms with E-state index in [0.717, 1.165) is 10.4 Å². The van der Waals surface area contributed by atoms with Gasteiger partial charge in [0, 0.05) is 10.9 Å². The summed E-state index contributed by atoms with van der Waals surface area (Å²) in [4.78, 5) is 25.3. The van der Waals surface area contributed by atoms with Gasteiger partial charge in [0.15, 0.2) is 0 Å². The summed E-state index contributed by atoms with van der Waals surface area (Å²) in [6.07, 6.45) is 1.30. The van der Waals surface area contributed by atoms with Gasteiger partial charge in [-0.3, -0.25) is 9.59 Å². The van der Waals surface area contributed by atoms with Crippen molar-refractivity contribution in [2.24, 2.45) is 5.10 Å². The van der Waals surface area contributed by atoms with E-state index in [9.17, 15) is 14.7 Å². The number of hydrazone groups is 1. The van der Waals surface area contributed by atoms with Crippen LogP contribution >= 0.6 is 0 Å². The number of para-hydroxylation sites is 1. The summed E-state index contributed by atoms with van der Waals surface area (Å²) in [5.74, 6) is -0.924. The Morgan fingerprint density at radius 3 is 2.08 bits per heavy atom. The van der Waals surface area contributed by atoms with E-state index in [4.69, 9.17) is 0 Å². The smallest absolute Gasteiger partial charge is 0.282 e. The molecule has 0 bridgehead atoms. The molecule has 5 nitrogen and oxygen atoms in total. The summed E-state index contributed by atoms with van der Waals surface area (Å²) in [5, 5.41) is 16.1. The van der Waals surface area contributed by atoms with E-state index in [1.165, 1.54) is 12.3 Å². The van der Waals surface area contributed by atoms with Crippen LogP contribution in [0.25, 0.3) is 10.8 Å². The summed E-state index contributed by atoms with van der Waals surface area (Å²) in [5.41, 5.74) is 1.31. The summed E-state index contributed by atoms with van der Waals surface area (Å²) >= 11 is 0. The zero-order chi connectivity index (χ0) is 16.7. The maximum atomic E-state index is 12.6. The molecule has 1 aliphatic rings. The van der Waals surface area contributed by atoms with Crippen LogP contribution in [0, 0.1) is 0 Å². The Morgan fingerprint density at radius 1 is 0.833 bits per heavy atom. The largest absolute Gasteiger partial charge is 0.507 e. The molecule has 4 rings (SSSR count). The van der Waals surface area contributed by atoms with Gasteiger partial charge >= 0.3 is 0 Å². The van der Waals surface area contributed by atoms with E-state index in [2.05, 4.69) is 5.10 Å². The van der Waals surface area contributed by atoms with Crippen molar-refractivity contribution in [3.8, 4) is 5.75 Å². The normalized spacial score (nSPS) is 13.9. The van der Waals surface area contributed by atoms with Gasteiger partial charge in [-0.2, -0.15) is 10.1 Å². The summed E-state index contributed by atoms with van der Waals surface area (Å²) in [6, 6.07) is 17.2. The summed E-state index contributed by atoms with van der Waals surface area (Å²) < 4.78 is 0. The van der Waals surface area contributed by atoms with E-state index in [1.54, 1.807) is 42.5 Å². The third-order valence-electron chi connectivity index (χ3n) is 4.00. The van der Waals surface area contributed by atoms with Crippen molar-refractivity contribution in [2.45, 2.75) is 0 Å². The summed E-state index contributed by atoms with van der Waals surface area (Å²) in [6.45, 7) is 0. The lowest BCUT2D eigenvalue weighted by molar-refractivity contribution is 0.0616. The Hall–Kier alpha value is -3.47. The Labute approximate surface area is 137 Å². The molecule has 1 aliphatic heterocycles. The van der Waals surface area contributed by atoms with Crippen LogP contribution in [0.4, 0.5) is 0 Å². The molecule has 3 aromatic carbocycles. The molecular weight excluding hydrogens is 304 g/mol. The average molecular weight is 316 g/mol. The van der Waals surface area contributed by atoms with Crippen LogP contribution in [0.3, 0.4) is 0 Å². The lowest BCUT2D eigenvalue weighted by Gasteiger charge is -2.23. The van der Waals surface area contributed by atoms with Gasteiger partial charge in [0.25, 0.3) is 11.8 Å². The maximum Gasteiger partial charge on any atom is 0.282 e. The van der Waals surface area contributed by atoms with Crippen molar-refractivity contribution in [3.63, 3.8) is 0 Å². The molecule has 116 valence electrons. The zero-order valence-electron chi connectivity index (χ0n) is 12.5. The van der Waals surface area contributed by atoms with Crippen molar-refractivity contribution in [3.05, 3.63) is 77.4 Å². The Morgan fingerprint density at radius 2 is 1.46 bits per heavy atom. The van der Waals surface area contributed by atoms with Gasteiger partial charge in [-0.1, -0.05) is 36.4 Å². The number of carbonyl (C=O) groups is 2. The molecule has 0 fully saturated rings. The number of hydrogen-bond acceptors (Lipinski definition) is 4. The molecule has 24 heavy (non-hydrogen) atoms. The van der Waals surface area contributed by atoms with E-state index in [1.807, 2.05) is 12.1 Å². The number of benzene rings is 3. The molecule has 0 aromatic heterocycles. The highest BCUT2D eigenvalue weighted by molar-refractivity contribution is 6.25. The Kier molecular flexibility index (Phi) is 3.13. The van der Waals surface area contributed by atoms with Crippen molar-refractivity contribution < 1.29 is 14.7 Å². The predicted octanol–water partition coefficient (Wildman–Crippen LogP) is 3.18. The van der Waals surface area contributed by atoms with Gasteiger partial charge in [0.1, 0.15) is 5.75 Å². The zero-order valence-corrected chi connectivity index (χ0v) is 12.5. The molecule has 0 unspecified atom stereocenters. The van der Waals surface area contributed by atoms with E-state index in [0.29, 0.717) is 22.1 Å². The van der Waals surface area contributed by atoms with Crippen LogP contribution in [0.15, 0.2) is 65.8 Å². The van der Waals surface area contributed by atoms with Crippen LogP contribution in [-0.2, 0) is 0 Å². The van der Waals surface area contributed by atoms with E-state index >= 15 is 0 Å². The maximum absolute atomic E-state index is 12.6. The van der Waals surface area contributed by atoms with Crippen molar-refractivity contribution >= 4 is 28.8 Å². The van der Waals surface area contributed by atoms with Crippen molar-refractivity contribution in [1.82, 2.24) is 5.01 Å². The number of phenols is 1. The molecule has 0 saturated heterocycles. The van der Waals surface area contributed by atoms with Gasteiger partial charge in [0.2, 0.25) is 0 Å². The second-order valence-corrected chi connectivity index (χ2v) is 5.43. The van der Waals surface area contributed by atoms with Crippen LogP contribution < -0.4 is 0 Å². The third-order valence-corrected chi connectivity index (χ3v) is 4.00. The second kappa shape index (κ2) is 5.31. The number of nitrogens with zero attached hydrogens (tertiary/aromatic N) is 2. The van der Waals surface area contributed by atoms with Crippen molar-refractivity contribution in [1.29, 1.82) is 0 Å². The van der Waals surface area contributed by atoms with Crippen molar-refractivity contribution in [2.75, 3.05) is 0 Å². The standard InChI is InChI=1S/C19H12N2O3/c22-16-10-2-1-5-13(16)11-20-21-18(23)14-8-3-6-12-7-4-9-15(17(12)14)19(21)24/h1-11,22H. The van der Waals surface area contributed by atoms with E-state index < -0.39 is 11.8 Å². The van der Waals surface area contributed by atoms with Gasteiger partial charge in [-0.25, -0.2) is 0 Å². The highest BCUT2D eigenvalue weighted by Crippen LogP contribution is 2.30. The SMILES string of the molecule is O=C1c2cccc3cccc(c23)C(=O)N1N=Cc1ccccc1O. The molecule has 0 atom stereocenters. The minimum absolute atomic E-state index is 0.0284. The predicted molar refractivity (Wildman–Crippen MR) is 90.1 cm³/mol. The number of carbonyl (C=O) groups excluding carboxylic acids is 2. The molecule has 5 heteroatoms. The molecule has 1 N–H and O–H groups in total. The summed E-state index contributed by atoms with van der Waals surface area (Å²) in [7, 11) is 0. The number of rotatable bonds is 2. The molecule has 0 aliphatic carbocycles. The fourth-order valence-electron chi connectivity index (χ4n) is 2.84. The molecule has 0 radical (unpaired) electrons.